The van der Waals surface area contributed by atoms with Gasteiger partial charge in [-0.05, 0) is 43.5 Å². The van der Waals surface area contributed by atoms with E-state index < -0.39 is 11.7 Å². The zero-order valence-electron chi connectivity index (χ0n) is 11.3. The SMILES string of the molecule is CC(NCC1CCC=CO1)c1cccc(C(F)(F)F)c1. The van der Waals surface area contributed by atoms with Crippen LogP contribution in [0.5, 0.6) is 0 Å². The Labute approximate surface area is 116 Å². The summed E-state index contributed by atoms with van der Waals surface area (Å²) >= 11 is 0. The fraction of sp³-hybridized carbons (Fsp3) is 0.467. The molecule has 2 rings (SSSR count). The van der Waals surface area contributed by atoms with E-state index >= 15 is 0 Å². The number of rotatable bonds is 4. The van der Waals surface area contributed by atoms with E-state index in [1.165, 1.54) is 12.1 Å². The molecule has 2 atom stereocenters. The number of nitrogens with one attached hydrogen (secondary N) is 1. The summed E-state index contributed by atoms with van der Waals surface area (Å²) in [5, 5.41) is 3.22. The monoisotopic (exact) mass is 285 g/mol. The summed E-state index contributed by atoms with van der Waals surface area (Å²) in [6.07, 6.45) is 1.35. The molecule has 0 aliphatic carbocycles. The van der Waals surface area contributed by atoms with Crippen LogP contribution in [0.4, 0.5) is 13.2 Å². The van der Waals surface area contributed by atoms with E-state index in [0.717, 1.165) is 18.9 Å². The van der Waals surface area contributed by atoms with Crippen LogP contribution in [0.25, 0.3) is 0 Å². The number of ether oxygens (including phenoxy) is 1. The minimum Gasteiger partial charge on any atom is -0.497 e. The Morgan fingerprint density at radius 2 is 2.20 bits per heavy atom. The third-order valence-electron chi connectivity index (χ3n) is 3.39. The van der Waals surface area contributed by atoms with E-state index in [2.05, 4.69) is 5.32 Å². The third-order valence-corrected chi connectivity index (χ3v) is 3.39. The van der Waals surface area contributed by atoms with Crippen LogP contribution >= 0.6 is 0 Å². The van der Waals surface area contributed by atoms with Crippen LogP contribution in [0.3, 0.4) is 0 Å². The summed E-state index contributed by atoms with van der Waals surface area (Å²) in [7, 11) is 0. The second-order valence-corrected chi connectivity index (χ2v) is 4.96. The lowest BCUT2D eigenvalue weighted by atomic mass is 10.0. The second kappa shape index (κ2) is 6.31. The standard InChI is InChI=1S/C15H18F3NO/c1-11(19-10-14-7-2-3-8-20-14)12-5-4-6-13(9-12)15(16,17)18/h3-6,8-9,11,14,19H,2,7,10H2,1H3. The Bertz CT molecular complexity index is 470. The van der Waals surface area contributed by atoms with E-state index in [1.807, 2.05) is 13.0 Å². The molecule has 1 aromatic carbocycles. The molecule has 110 valence electrons. The van der Waals surface area contributed by atoms with Gasteiger partial charge in [0.2, 0.25) is 0 Å². The normalized spacial score (nSPS) is 20.5. The van der Waals surface area contributed by atoms with Gasteiger partial charge in [0.1, 0.15) is 6.10 Å². The first-order chi connectivity index (χ1) is 9.47. The molecule has 1 aliphatic rings. The predicted octanol–water partition coefficient (Wildman–Crippen LogP) is 4.05. The highest BCUT2D eigenvalue weighted by Crippen LogP contribution is 2.30. The molecule has 1 aromatic rings. The van der Waals surface area contributed by atoms with Crippen molar-refractivity contribution in [2.24, 2.45) is 0 Å². The lowest BCUT2D eigenvalue weighted by Crippen LogP contribution is -2.31. The Morgan fingerprint density at radius 1 is 1.40 bits per heavy atom. The summed E-state index contributed by atoms with van der Waals surface area (Å²) in [5.41, 5.74) is 0.0201. The van der Waals surface area contributed by atoms with E-state index in [4.69, 9.17) is 4.74 Å². The van der Waals surface area contributed by atoms with E-state index in [-0.39, 0.29) is 12.1 Å². The third kappa shape index (κ3) is 4.00. The molecule has 5 heteroatoms. The van der Waals surface area contributed by atoms with Gasteiger partial charge in [-0.25, -0.2) is 0 Å². The van der Waals surface area contributed by atoms with Crippen LogP contribution in [0.15, 0.2) is 36.6 Å². The number of halogens is 3. The van der Waals surface area contributed by atoms with Gasteiger partial charge in [0.25, 0.3) is 0 Å². The molecular weight excluding hydrogens is 267 g/mol. The lowest BCUT2D eigenvalue weighted by molar-refractivity contribution is -0.137. The fourth-order valence-electron chi connectivity index (χ4n) is 2.15. The smallest absolute Gasteiger partial charge is 0.416 e. The van der Waals surface area contributed by atoms with E-state index in [0.29, 0.717) is 12.1 Å². The minimum absolute atomic E-state index is 0.0910. The van der Waals surface area contributed by atoms with Gasteiger partial charge in [-0.1, -0.05) is 12.1 Å². The molecule has 0 spiro atoms. The highest BCUT2D eigenvalue weighted by Gasteiger charge is 2.30. The summed E-state index contributed by atoms with van der Waals surface area (Å²) < 4.78 is 43.4. The first-order valence-electron chi connectivity index (χ1n) is 6.68. The molecule has 2 unspecified atom stereocenters. The second-order valence-electron chi connectivity index (χ2n) is 4.96. The van der Waals surface area contributed by atoms with Gasteiger partial charge < -0.3 is 10.1 Å². The number of benzene rings is 1. The molecule has 0 fully saturated rings. The molecule has 0 bridgehead atoms. The van der Waals surface area contributed by atoms with Crippen LogP contribution in [-0.4, -0.2) is 12.6 Å². The molecule has 1 N–H and O–H groups in total. The van der Waals surface area contributed by atoms with Crippen LogP contribution in [-0.2, 0) is 10.9 Å². The summed E-state index contributed by atoms with van der Waals surface area (Å²) in [6, 6.07) is 5.28. The largest absolute Gasteiger partial charge is 0.497 e. The summed E-state index contributed by atoms with van der Waals surface area (Å²) in [5.74, 6) is 0. The van der Waals surface area contributed by atoms with Gasteiger partial charge in [-0.3, -0.25) is 0 Å². The first kappa shape index (κ1) is 14.9. The average Bonchev–Trinajstić information content (AvgIpc) is 2.45. The van der Waals surface area contributed by atoms with Gasteiger partial charge in [-0.2, -0.15) is 13.2 Å². The minimum atomic E-state index is -4.30. The zero-order valence-corrected chi connectivity index (χ0v) is 11.3. The Morgan fingerprint density at radius 3 is 2.85 bits per heavy atom. The Kier molecular flexibility index (Phi) is 4.70. The maximum absolute atomic E-state index is 12.7. The van der Waals surface area contributed by atoms with Gasteiger partial charge >= 0.3 is 6.18 Å². The highest BCUT2D eigenvalue weighted by atomic mass is 19.4. The van der Waals surface area contributed by atoms with Gasteiger partial charge in [0.05, 0.1) is 11.8 Å². The van der Waals surface area contributed by atoms with Gasteiger partial charge in [0, 0.05) is 12.6 Å². The first-order valence-corrected chi connectivity index (χ1v) is 6.68. The fourth-order valence-corrected chi connectivity index (χ4v) is 2.15. The van der Waals surface area contributed by atoms with Crippen molar-refractivity contribution in [2.45, 2.75) is 38.1 Å². The summed E-state index contributed by atoms with van der Waals surface area (Å²) in [6.45, 7) is 2.48. The van der Waals surface area contributed by atoms with Crippen LogP contribution in [0.1, 0.15) is 36.9 Å². The van der Waals surface area contributed by atoms with Crippen molar-refractivity contribution >= 4 is 0 Å². The Hall–Kier alpha value is -1.49. The predicted molar refractivity (Wildman–Crippen MR) is 71.1 cm³/mol. The Balaban J connectivity index is 1.95. The lowest BCUT2D eigenvalue weighted by Gasteiger charge is -2.23. The molecule has 0 saturated heterocycles. The van der Waals surface area contributed by atoms with Gasteiger partial charge in [0.15, 0.2) is 0 Å². The van der Waals surface area contributed by atoms with Crippen LogP contribution < -0.4 is 5.32 Å². The van der Waals surface area contributed by atoms with Crippen molar-refractivity contribution in [3.05, 3.63) is 47.7 Å². The molecule has 0 aromatic heterocycles. The zero-order chi connectivity index (χ0) is 14.6. The maximum atomic E-state index is 12.7. The van der Waals surface area contributed by atoms with Crippen molar-refractivity contribution in [3.8, 4) is 0 Å². The molecule has 1 aliphatic heterocycles. The molecule has 2 nitrogen and oxygen atoms in total. The molecule has 1 heterocycles. The average molecular weight is 285 g/mol. The van der Waals surface area contributed by atoms with Crippen molar-refractivity contribution in [1.82, 2.24) is 5.32 Å². The quantitative estimate of drug-likeness (QED) is 0.901. The summed E-state index contributed by atoms with van der Waals surface area (Å²) in [4.78, 5) is 0. The van der Waals surface area contributed by atoms with Crippen molar-refractivity contribution in [2.75, 3.05) is 6.54 Å². The van der Waals surface area contributed by atoms with E-state index in [1.54, 1.807) is 12.3 Å². The number of hydrogen-bond acceptors (Lipinski definition) is 2. The molecular formula is C15H18F3NO. The van der Waals surface area contributed by atoms with Crippen molar-refractivity contribution in [3.63, 3.8) is 0 Å². The molecule has 0 radical (unpaired) electrons. The van der Waals surface area contributed by atoms with Crippen LogP contribution in [0.2, 0.25) is 0 Å². The van der Waals surface area contributed by atoms with Crippen molar-refractivity contribution < 1.29 is 17.9 Å². The number of hydrogen-bond donors (Lipinski definition) is 1. The molecule has 0 amide bonds. The number of alkyl halides is 3. The molecule has 0 saturated carbocycles. The maximum Gasteiger partial charge on any atom is 0.416 e. The highest BCUT2D eigenvalue weighted by molar-refractivity contribution is 5.27. The van der Waals surface area contributed by atoms with E-state index in [9.17, 15) is 13.2 Å². The van der Waals surface area contributed by atoms with Gasteiger partial charge in [-0.15, -0.1) is 0 Å². The topological polar surface area (TPSA) is 21.3 Å². The van der Waals surface area contributed by atoms with Crippen LogP contribution in [0, 0.1) is 0 Å². The molecule has 20 heavy (non-hydrogen) atoms. The van der Waals surface area contributed by atoms with Crippen molar-refractivity contribution in [1.29, 1.82) is 0 Å². The number of allylic oxidation sites excluding steroid dienone is 1.